The number of nitrogens with one attached hydrogen (secondary N) is 1. The molecule has 0 bridgehead atoms. The molecule has 0 radical (unpaired) electrons. The minimum atomic E-state index is -3.25. The summed E-state index contributed by atoms with van der Waals surface area (Å²) in [6, 6.07) is 9.02. The Morgan fingerprint density at radius 1 is 1.17 bits per heavy atom. The zero-order chi connectivity index (χ0) is 25.1. The van der Waals surface area contributed by atoms with Crippen molar-refractivity contribution in [2.75, 3.05) is 18.6 Å². The molecule has 0 spiro atoms. The average Bonchev–Trinajstić information content (AvgIpc) is 3.49. The molecule has 1 fully saturated rings. The molecule has 9 nitrogen and oxygen atoms in total. The Balaban J connectivity index is 1.68. The van der Waals surface area contributed by atoms with E-state index in [1.807, 2.05) is 19.9 Å². The van der Waals surface area contributed by atoms with Gasteiger partial charge in [-0.25, -0.2) is 13.2 Å². The molecule has 182 valence electrons. The molecule has 0 aliphatic carbocycles. The summed E-state index contributed by atoms with van der Waals surface area (Å²) in [5.41, 5.74) is 4.68. The molecule has 10 heteroatoms. The number of H-pyrrole nitrogens is 1. The van der Waals surface area contributed by atoms with Gasteiger partial charge in [0, 0.05) is 17.2 Å². The van der Waals surface area contributed by atoms with Crippen LogP contribution in [-0.4, -0.2) is 65.2 Å². The van der Waals surface area contributed by atoms with Gasteiger partial charge in [-0.3, -0.25) is 9.89 Å². The maximum absolute atomic E-state index is 13.6. The summed E-state index contributed by atoms with van der Waals surface area (Å²) in [6.07, 6.45) is 0.340. The van der Waals surface area contributed by atoms with Gasteiger partial charge in [0.1, 0.15) is 17.1 Å². The first-order valence-electron chi connectivity index (χ1n) is 11.2. The minimum Gasteiger partial charge on any atom is -0.507 e. The third kappa shape index (κ3) is 3.78. The van der Waals surface area contributed by atoms with Gasteiger partial charge in [-0.15, -0.1) is 0 Å². The summed E-state index contributed by atoms with van der Waals surface area (Å²) < 4.78 is 29.3. The van der Waals surface area contributed by atoms with Crippen LogP contribution in [0.5, 0.6) is 5.75 Å². The number of esters is 1. The highest BCUT2D eigenvalue weighted by atomic mass is 32.2. The number of phenolic OH excluding ortho intramolecular Hbond substituents is 1. The fraction of sp³-hybridized carbons (Fsp3) is 0.320. The Morgan fingerprint density at radius 2 is 1.86 bits per heavy atom. The Hall–Kier alpha value is -3.66. The number of benzene rings is 2. The number of phenols is 1. The zero-order valence-electron chi connectivity index (χ0n) is 19.5. The molecule has 0 saturated carbocycles. The number of aryl methyl sites for hydroxylation is 2. The summed E-state index contributed by atoms with van der Waals surface area (Å²) in [5, 5.41) is 18.0. The highest BCUT2D eigenvalue weighted by molar-refractivity contribution is 7.91. The zero-order valence-corrected chi connectivity index (χ0v) is 20.3. The molecule has 3 heterocycles. The summed E-state index contributed by atoms with van der Waals surface area (Å²) in [7, 11) is -1.95. The van der Waals surface area contributed by atoms with Crippen LogP contribution in [0, 0.1) is 13.8 Å². The van der Waals surface area contributed by atoms with Gasteiger partial charge in [0.25, 0.3) is 5.91 Å². The number of aromatic amines is 1. The van der Waals surface area contributed by atoms with E-state index in [9.17, 15) is 23.1 Å². The second kappa shape index (κ2) is 8.23. The number of sulfone groups is 1. The van der Waals surface area contributed by atoms with Gasteiger partial charge in [0.2, 0.25) is 0 Å². The summed E-state index contributed by atoms with van der Waals surface area (Å²) in [4.78, 5) is 27.1. The Morgan fingerprint density at radius 3 is 2.49 bits per heavy atom. The van der Waals surface area contributed by atoms with Crippen LogP contribution in [0.2, 0.25) is 0 Å². The van der Waals surface area contributed by atoms with Gasteiger partial charge in [0.15, 0.2) is 9.84 Å². The number of hydrogen-bond acceptors (Lipinski definition) is 7. The van der Waals surface area contributed by atoms with Crippen LogP contribution in [-0.2, 0) is 14.6 Å². The topological polar surface area (TPSA) is 130 Å². The summed E-state index contributed by atoms with van der Waals surface area (Å²) >= 11 is 0. The van der Waals surface area contributed by atoms with E-state index in [4.69, 9.17) is 4.74 Å². The molecular formula is C25H25N3O6S. The monoisotopic (exact) mass is 495 g/mol. The molecule has 1 aromatic heterocycles. The van der Waals surface area contributed by atoms with Gasteiger partial charge in [-0.2, -0.15) is 5.10 Å². The van der Waals surface area contributed by atoms with Crippen molar-refractivity contribution in [1.29, 1.82) is 0 Å². The number of carbonyl (C=O) groups is 2. The van der Waals surface area contributed by atoms with Crippen LogP contribution in [0.1, 0.15) is 55.6 Å². The van der Waals surface area contributed by atoms with Crippen molar-refractivity contribution in [3.05, 3.63) is 69.9 Å². The van der Waals surface area contributed by atoms with E-state index in [1.165, 1.54) is 7.11 Å². The standard InChI is InChI=1S/C25H25N3O6S/c1-13-10-18(19(29)11-14(13)2)21-20-22(27-26-21)24(30)28(17-8-9-35(32,33)12-17)23(20)15-4-6-16(7-5-15)25(31)34-3/h4-7,10-11,17,23,29H,8-9,12H2,1-3H3,(H,26,27). The second-order valence-electron chi connectivity index (χ2n) is 9.10. The van der Waals surface area contributed by atoms with Crippen LogP contribution in [0.4, 0.5) is 0 Å². The van der Waals surface area contributed by atoms with E-state index in [1.54, 1.807) is 35.2 Å². The van der Waals surface area contributed by atoms with Gasteiger partial charge in [0.05, 0.1) is 30.2 Å². The average molecular weight is 496 g/mol. The highest BCUT2D eigenvalue weighted by Crippen LogP contribution is 2.46. The lowest BCUT2D eigenvalue weighted by atomic mass is 9.93. The maximum Gasteiger partial charge on any atom is 0.337 e. The minimum absolute atomic E-state index is 0.0203. The number of fused-ring (bicyclic) bond motifs is 1. The Bertz CT molecular complexity index is 1460. The quantitative estimate of drug-likeness (QED) is 0.532. The summed E-state index contributed by atoms with van der Waals surface area (Å²) in [6.45, 7) is 3.82. The smallest absolute Gasteiger partial charge is 0.337 e. The highest BCUT2D eigenvalue weighted by Gasteiger charge is 2.48. The van der Waals surface area contributed by atoms with Crippen LogP contribution in [0.3, 0.4) is 0 Å². The van der Waals surface area contributed by atoms with Crippen molar-refractivity contribution >= 4 is 21.7 Å². The van der Waals surface area contributed by atoms with Crippen molar-refractivity contribution in [3.8, 4) is 17.0 Å². The maximum atomic E-state index is 13.6. The normalized spacial score (nSPS) is 20.8. The first-order valence-corrected chi connectivity index (χ1v) is 13.0. The number of carbonyl (C=O) groups excluding carboxylic acids is 2. The summed E-state index contributed by atoms with van der Waals surface area (Å²) in [5.74, 6) is -0.880. The van der Waals surface area contributed by atoms with Crippen molar-refractivity contribution < 1.29 is 27.9 Å². The number of methoxy groups -OCH3 is 1. The number of hydrogen-bond donors (Lipinski definition) is 2. The van der Waals surface area contributed by atoms with Crippen LogP contribution < -0.4 is 0 Å². The molecule has 2 N–H and O–H groups in total. The van der Waals surface area contributed by atoms with E-state index >= 15 is 0 Å². The molecular weight excluding hydrogens is 470 g/mol. The number of aromatic hydroxyl groups is 1. The molecule has 3 aromatic rings. The fourth-order valence-electron chi connectivity index (χ4n) is 4.98. The number of nitrogens with zero attached hydrogens (tertiary/aromatic N) is 2. The molecule has 2 aliphatic heterocycles. The van der Waals surface area contributed by atoms with Gasteiger partial charge < -0.3 is 14.7 Å². The number of rotatable bonds is 4. The third-order valence-electron chi connectivity index (χ3n) is 6.92. The largest absolute Gasteiger partial charge is 0.507 e. The second-order valence-corrected chi connectivity index (χ2v) is 11.3. The van der Waals surface area contributed by atoms with Crippen LogP contribution in [0.15, 0.2) is 36.4 Å². The first kappa shape index (κ1) is 23.1. The molecule has 35 heavy (non-hydrogen) atoms. The lowest BCUT2D eigenvalue weighted by Gasteiger charge is -2.31. The molecule has 2 aliphatic rings. The third-order valence-corrected chi connectivity index (χ3v) is 8.67. The van der Waals surface area contributed by atoms with E-state index in [-0.39, 0.29) is 28.9 Å². The van der Waals surface area contributed by atoms with E-state index in [2.05, 4.69) is 10.2 Å². The van der Waals surface area contributed by atoms with Crippen molar-refractivity contribution in [1.82, 2.24) is 15.1 Å². The van der Waals surface area contributed by atoms with Gasteiger partial charge >= 0.3 is 5.97 Å². The van der Waals surface area contributed by atoms with Gasteiger partial charge in [-0.05, 0) is 61.2 Å². The molecule has 2 aromatic carbocycles. The SMILES string of the molecule is COC(=O)c1ccc(C2c3c(-c4cc(C)c(C)cc4O)n[nH]c3C(=O)N2C2CCS(=O)(=O)C2)cc1. The molecule has 1 saturated heterocycles. The number of aromatic nitrogens is 2. The Kier molecular flexibility index (Phi) is 5.43. The molecule has 5 rings (SSSR count). The predicted octanol–water partition coefficient (Wildman–Crippen LogP) is 2.92. The lowest BCUT2D eigenvalue weighted by Crippen LogP contribution is -2.40. The molecule has 1 amide bonds. The van der Waals surface area contributed by atoms with E-state index < -0.39 is 27.9 Å². The number of ether oxygens (including phenoxy) is 1. The fourth-order valence-corrected chi connectivity index (χ4v) is 6.69. The van der Waals surface area contributed by atoms with Crippen molar-refractivity contribution in [2.45, 2.75) is 32.4 Å². The number of amides is 1. The van der Waals surface area contributed by atoms with Crippen molar-refractivity contribution in [3.63, 3.8) is 0 Å². The Labute approximate surface area is 202 Å². The van der Waals surface area contributed by atoms with Crippen LogP contribution >= 0.6 is 0 Å². The van der Waals surface area contributed by atoms with E-state index in [0.29, 0.717) is 34.4 Å². The van der Waals surface area contributed by atoms with E-state index in [0.717, 1.165) is 11.1 Å². The van der Waals surface area contributed by atoms with Crippen LogP contribution in [0.25, 0.3) is 11.3 Å². The molecule has 2 unspecified atom stereocenters. The first-order chi connectivity index (χ1) is 16.6. The molecule has 2 atom stereocenters. The van der Waals surface area contributed by atoms with Crippen molar-refractivity contribution in [2.24, 2.45) is 0 Å². The van der Waals surface area contributed by atoms with Gasteiger partial charge in [-0.1, -0.05) is 12.1 Å². The lowest BCUT2D eigenvalue weighted by molar-refractivity contribution is 0.0599. The predicted molar refractivity (Wildman–Crippen MR) is 128 cm³/mol.